The summed E-state index contributed by atoms with van der Waals surface area (Å²) in [6.45, 7) is 4.55. The van der Waals surface area contributed by atoms with Crippen LogP contribution in [-0.4, -0.2) is 38.4 Å². The van der Waals surface area contributed by atoms with Crippen molar-refractivity contribution < 1.29 is 25.2 Å². The quantitative estimate of drug-likeness (QED) is 0.299. The highest BCUT2D eigenvalue weighted by molar-refractivity contribution is 6.12. The summed E-state index contributed by atoms with van der Waals surface area (Å²) in [5, 5.41) is 43.5. The second kappa shape index (κ2) is 9.32. The van der Waals surface area contributed by atoms with E-state index >= 15 is 0 Å². The lowest BCUT2D eigenvalue weighted by Crippen LogP contribution is -2.44. The van der Waals surface area contributed by atoms with Crippen LogP contribution in [0.25, 0.3) is 0 Å². The summed E-state index contributed by atoms with van der Waals surface area (Å²) >= 11 is 0. The first-order valence-electron chi connectivity index (χ1n) is 16.7. The minimum absolute atomic E-state index is 0.0393. The number of hydrogen-bond acceptors (Lipinski definition) is 5. The first-order chi connectivity index (χ1) is 20.1. The Morgan fingerprint density at radius 1 is 0.643 bits per heavy atom. The van der Waals surface area contributed by atoms with Crippen LogP contribution in [0, 0.1) is 34.5 Å². The van der Waals surface area contributed by atoms with Crippen molar-refractivity contribution in [2.75, 3.05) is 0 Å². The Bertz CT molecular complexity index is 1360. The number of aliphatic hydroxyl groups is 2. The number of rotatable bonds is 2. The van der Waals surface area contributed by atoms with E-state index in [-0.39, 0.29) is 52.2 Å². The van der Waals surface area contributed by atoms with Crippen LogP contribution in [-0.2, 0) is 12.8 Å². The van der Waals surface area contributed by atoms with E-state index in [1.54, 1.807) is 12.1 Å². The average molecular weight is 571 g/mol. The maximum absolute atomic E-state index is 14.8. The number of phenols is 2. The van der Waals surface area contributed by atoms with Crippen LogP contribution in [0.4, 0.5) is 0 Å². The molecule has 0 amide bonds. The van der Waals surface area contributed by atoms with Gasteiger partial charge in [0, 0.05) is 11.1 Å². The molecule has 0 spiro atoms. The van der Waals surface area contributed by atoms with Gasteiger partial charge < -0.3 is 20.4 Å². The molecule has 4 N–H and O–H groups in total. The second-order valence-corrected chi connectivity index (χ2v) is 15.6. The number of fused-ring (bicyclic) bond motifs is 10. The first-order valence-corrected chi connectivity index (χ1v) is 16.7. The number of benzene rings is 2. The van der Waals surface area contributed by atoms with E-state index in [2.05, 4.69) is 13.8 Å². The smallest absolute Gasteiger partial charge is 0.193 e. The number of hydrogen-bond donors (Lipinski definition) is 4. The van der Waals surface area contributed by atoms with Crippen LogP contribution in [0.3, 0.4) is 0 Å². The van der Waals surface area contributed by atoms with Gasteiger partial charge in [0.15, 0.2) is 5.78 Å². The van der Waals surface area contributed by atoms with Crippen molar-refractivity contribution in [2.24, 2.45) is 34.5 Å². The van der Waals surface area contributed by atoms with E-state index in [1.165, 1.54) is 0 Å². The molecule has 4 fully saturated rings. The number of carbonyl (C=O) groups is 1. The molecule has 5 nitrogen and oxygen atoms in total. The molecular weight excluding hydrogens is 524 g/mol. The molecule has 5 heteroatoms. The molecule has 6 aliphatic rings. The van der Waals surface area contributed by atoms with E-state index in [0.29, 0.717) is 34.8 Å². The highest BCUT2D eigenvalue weighted by Crippen LogP contribution is 2.63. The zero-order chi connectivity index (χ0) is 29.1. The maximum atomic E-state index is 14.8. The van der Waals surface area contributed by atoms with E-state index in [0.717, 1.165) is 99.3 Å². The van der Waals surface area contributed by atoms with Gasteiger partial charge in [0.2, 0.25) is 0 Å². The molecule has 0 heterocycles. The van der Waals surface area contributed by atoms with Crippen LogP contribution in [0.1, 0.15) is 128 Å². The SMILES string of the molecule is C[C@]12CC[C@@H]3c4c(cc(O)cc4C(=O)c4cc(O)cc5c4[C@H]4CC[C@]6(C)[C@H](O)CC[C@H]6[C@@H]4CC5)CC[C@H]3[C@@H]1CC[C@H]2O. The minimum atomic E-state index is -0.240. The van der Waals surface area contributed by atoms with E-state index in [9.17, 15) is 25.2 Å². The van der Waals surface area contributed by atoms with Gasteiger partial charge in [0.25, 0.3) is 0 Å². The van der Waals surface area contributed by atoms with E-state index in [4.69, 9.17) is 0 Å². The second-order valence-electron chi connectivity index (χ2n) is 15.6. The Morgan fingerprint density at radius 3 is 1.50 bits per heavy atom. The normalized spacial score (nSPS) is 41.6. The molecule has 224 valence electrons. The third kappa shape index (κ3) is 3.65. The molecule has 4 saturated carbocycles. The molecule has 6 aliphatic carbocycles. The standard InChI is InChI=1S/C37H46O5/c1-36-13-11-25-23(29(36)7-9-31(36)40)5-3-19-15-21(38)17-27(33(19)25)35(42)28-18-22(39)16-20-4-6-24-26(34(20)28)12-14-37(2)30(24)8-10-32(37)41/h15-18,23-26,29-32,38-41H,3-14H2,1-2H3/t23-,24-,25+,26+,29+,30+,31-,32-,36+,37+/m1/s1. The zero-order valence-corrected chi connectivity index (χ0v) is 25.1. The van der Waals surface area contributed by atoms with Crippen LogP contribution in [0.2, 0.25) is 0 Å². The van der Waals surface area contributed by atoms with Gasteiger partial charge in [-0.25, -0.2) is 0 Å². The van der Waals surface area contributed by atoms with Gasteiger partial charge in [0.05, 0.1) is 12.2 Å². The number of carbonyl (C=O) groups excluding carboxylic acids is 1. The van der Waals surface area contributed by atoms with Crippen molar-refractivity contribution in [1.29, 1.82) is 0 Å². The Balaban J connectivity index is 1.22. The van der Waals surface area contributed by atoms with Crippen molar-refractivity contribution in [2.45, 2.75) is 115 Å². The molecule has 10 atom stereocenters. The van der Waals surface area contributed by atoms with Gasteiger partial charge in [-0.15, -0.1) is 0 Å². The fraction of sp³-hybridized carbons (Fsp3) is 0.649. The lowest BCUT2D eigenvalue weighted by Gasteiger charge is -2.51. The number of aryl methyl sites for hydroxylation is 2. The Morgan fingerprint density at radius 2 is 1.07 bits per heavy atom. The number of ketones is 1. The molecule has 2 aromatic carbocycles. The number of aliphatic hydroxyl groups excluding tert-OH is 2. The summed E-state index contributed by atoms with van der Waals surface area (Å²) in [5.74, 6) is 2.55. The molecule has 2 aromatic rings. The summed E-state index contributed by atoms with van der Waals surface area (Å²) in [5.41, 5.74) is 5.60. The predicted molar refractivity (Wildman–Crippen MR) is 161 cm³/mol. The van der Waals surface area contributed by atoms with Crippen LogP contribution < -0.4 is 0 Å². The predicted octanol–water partition coefficient (Wildman–Crippen LogP) is 6.76. The fourth-order valence-electron chi connectivity index (χ4n) is 11.9. The van der Waals surface area contributed by atoms with Gasteiger partial charge in [-0.2, -0.15) is 0 Å². The Labute approximate surface area is 249 Å². The molecular formula is C37H46O5. The molecule has 0 aliphatic heterocycles. The number of aromatic hydroxyl groups is 2. The fourth-order valence-corrected chi connectivity index (χ4v) is 11.9. The lowest BCUT2D eigenvalue weighted by molar-refractivity contribution is -0.0228. The summed E-state index contributed by atoms with van der Waals surface area (Å²) in [6, 6.07) is 7.15. The Kier molecular flexibility index (Phi) is 6.03. The highest BCUT2D eigenvalue weighted by atomic mass is 16.3. The van der Waals surface area contributed by atoms with Gasteiger partial charge >= 0.3 is 0 Å². The van der Waals surface area contributed by atoms with Gasteiger partial charge in [-0.05, 0) is 170 Å². The van der Waals surface area contributed by atoms with Crippen molar-refractivity contribution in [3.63, 3.8) is 0 Å². The molecule has 0 saturated heterocycles. The largest absolute Gasteiger partial charge is 0.508 e. The summed E-state index contributed by atoms with van der Waals surface area (Å²) in [4.78, 5) is 14.8. The van der Waals surface area contributed by atoms with E-state index < -0.39 is 0 Å². The third-order valence-corrected chi connectivity index (χ3v) is 14.0. The first kappa shape index (κ1) is 27.2. The van der Waals surface area contributed by atoms with Gasteiger partial charge in [0.1, 0.15) is 11.5 Å². The van der Waals surface area contributed by atoms with Gasteiger partial charge in [-0.1, -0.05) is 13.8 Å². The summed E-state index contributed by atoms with van der Waals surface area (Å²) < 4.78 is 0. The van der Waals surface area contributed by atoms with Crippen LogP contribution in [0.5, 0.6) is 11.5 Å². The third-order valence-electron chi connectivity index (χ3n) is 14.0. The molecule has 0 bridgehead atoms. The van der Waals surface area contributed by atoms with E-state index in [1.807, 2.05) is 12.1 Å². The van der Waals surface area contributed by atoms with Crippen molar-refractivity contribution in [3.05, 3.63) is 57.6 Å². The Hall–Kier alpha value is -2.37. The number of phenolic OH excluding ortho intramolecular Hbond substituents is 2. The van der Waals surface area contributed by atoms with Gasteiger partial charge in [-0.3, -0.25) is 4.79 Å². The van der Waals surface area contributed by atoms with Crippen LogP contribution >= 0.6 is 0 Å². The molecule has 8 rings (SSSR count). The summed E-state index contributed by atoms with van der Waals surface area (Å²) in [7, 11) is 0. The molecule has 0 radical (unpaired) electrons. The van der Waals surface area contributed by atoms with Crippen molar-refractivity contribution >= 4 is 5.78 Å². The van der Waals surface area contributed by atoms with Crippen molar-refractivity contribution in [1.82, 2.24) is 0 Å². The molecule has 42 heavy (non-hydrogen) atoms. The average Bonchev–Trinajstić information content (AvgIpc) is 3.45. The van der Waals surface area contributed by atoms with Crippen LogP contribution in [0.15, 0.2) is 24.3 Å². The minimum Gasteiger partial charge on any atom is -0.508 e. The lowest BCUT2D eigenvalue weighted by atomic mass is 9.54. The van der Waals surface area contributed by atoms with Crippen molar-refractivity contribution in [3.8, 4) is 11.5 Å². The zero-order valence-electron chi connectivity index (χ0n) is 25.1. The molecule has 0 aromatic heterocycles. The topological polar surface area (TPSA) is 98.0 Å². The summed E-state index contributed by atoms with van der Waals surface area (Å²) in [6.07, 6.45) is 11.0. The molecule has 0 unspecified atom stereocenters. The maximum Gasteiger partial charge on any atom is 0.193 e. The monoisotopic (exact) mass is 570 g/mol. The highest BCUT2D eigenvalue weighted by Gasteiger charge is 2.56.